The van der Waals surface area contributed by atoms with Gasteiger partial charge in [0, 0.05) is 43.4 Å². The van der Waals surface area contributed by atoms with E-state index in [1.165, 1.54) is 101 Å². The molecule has 0 saturated carbocycles. The van der Waals surface area contributed by atoms with Gasteiger partial charge in [-0.15, -0.1) is 0 Å². The van der Waals surface area contributed by atoms with Crippen LogP contribution >= 0.6 is 0 Å². The van der Waals surface area contributed by atoms with Crippen LogP contribution in [0.2, 0.25) is 72.5 Å². The Hall–Kier alpha value is 0.796. The fourth-order valence-corrected chi connectivity index (χ4v) is 26.4. The van der Waals surface area contributed by atoms with Gasteiger partial charge in [0.05, 0.1) is 32.3 Å². The van der Waals surface area contributed by atoms with Crippen molar-refractivity contribution in [3.8, 4) is 0 Å². The number of hydrogen-bond donors (Lipinski definition) is 0. The van der Waals surface area contributed by atoms with E-state index in [-0.39, 0.29) is 68.2 Å². The SMILES string of the molecule is CCC1=CC([Si]2(CC)CCC2)=CC1.CCC1=CC([Si]2(CC)CCC2)=CC1.CCC1=CC([Si]2(CC)CCC2)=CC1.CCC1=CC([Si]2(CC)CCC2)=CC1.[Cl-].[Cl-].[Ti].[Ti]. The zero-order chi connectivity index (χ0) is 37.2. The second-order valence-electron chi connectivity index (χ2n) is 18.0. The van der Waals surface area contributed by atoms with E-state index in [2.05, 4.69) is 104 Å². The van der Waals surface area contributed by atoms with E-state index in [0.29, 0.717) is 0 Å². The molecule has 4 saturated heterocycles. The zero-order valence-corrected chi connectivity index (χ0v) is 46.0. The molecule has 0 aromatic rings. The third-order valence-electron chi connectivity index (χ3n) is 16.0. The molecular formula is C48H80Cl2Si4Ti2-2. The summed E-state index contributed by atoms with van der Waals surface area (Å²) in [5, 5.41) is 7.22. The first-order valence-corrected chi connectivity index (χ1v) is 33.3. The predicted molar refractivity (Wildman–Crippen MR) is 246 cm³/mol. The van der Waals surface area contributed by atoms with Crippen LogP contribution in [-0.2, 0) is 43.4 Å². The number of allylic oxidation sites excluding steroid dienone is 16. The van der Waals surface area contributed by atoms with E-state index in [4.69, 9.17) is 0 Å². The van der Waals surface area contributed by atoms with Crippen molar-refractivity contribution in [2.24, 2.45) is 0 Å². The Bertz CT molecular complexity index is 1250. The summed E-state index contributed by atoms with van der Waals surface area (Å²) in [5.74, 6) is 0. The first-order valence-electron chi connectivity index (χ1n) is 22.8. The van der Waals surface area contributed by atoms with Gasteiger partial charge in [-0.3, -0.25) is 0 Å². The molecule has 0 atom stereocenters. The molecule has 312 valence electrons. The Balaban J connectivity index is 0.000000365. The minimum Gasteiger partial charge on any atom is -1.00 e. The summed E-state index contributed by atoms with van der Waals surface area (Å²) in [6, 6.07) is 18.5. The molecule has 0 N–H and O–H groups in total. The number of halogens is 2. The Morgan fingerprint density at radius 3 is 0.607 bits per heavy atom. The normalized spacial score (nSPS) is 23.3. The third kappa shape index (κ3) is 12.5. The largest absolute Gasteiger partial charge is 1.00 e. The van der Waals surface area contributed by atoms with E-state index < -0.39 is 32.3 Å². The minimum absolute atomic E-state index is 0. The van der Waals surface area contributed by atoms with Crippen LogP contribution in [0.15, 0.2) is 91.7 Å². The summed E-state index contributed by atoms with van der Waals surface area (Å²) in [7, 11) is -3.43. The van der Waals surface area contributed by atoms with E-state index in [9.17, 15) is 0 Å². The Labute approximate surface area is 393 Å². The molecule has 4 heterocycles. The molecule has 0 amide bonds. The summed E-state index contributed by atoms with van der Waals surface area (Å²) in [4.78, 5) is 0. The van der Waals surface area contributed by atoms with E-state index in [0.717, 1.165) is 0 Å². The molecule has 0 spiro atoms. The van der Waals surface area contributed by atoms with Gasteiger partial charge in [-0.1, -0.05) is 245 Å². The first kappa shape index (κ1) is 54.8. The molecule has 8 heteroatoms. The summed E-state index contributed by atoms with van der Waals surface area (Å²) >= 11 is 0. The molecule has 8 rings (SSSR count). The van der Waals surface area contributed by atoms with Crippen LogP contribution in [0.1, 0.15) is 132 Å². The fourth-order valence-electron chi connectivity index (χ4n) is 10.6. The second-order valence-corrected chi connectivity index (χ2v) is 37.4. The predicted octanol–water partition coefficient (Wildman–Crippen LogP) is 10.3. The monoisotopic (exact) mass is 934 g/mol. The number of hydrogen-bond acceptors (Lipinski definition) is 0. The summed E-state index contributed by atoms with van der Waals surface area (Å²) in [5.41, 5.74) is 6.67. The van der Waals surface area contributed by atoms with Crippen molar-refractivity contribution in [1.82, 2.24) is 0 Å². The molecule has 0 radical (unpaired) electrons. The topological polar surface area (TPSA) is 0 Å². The van der Waals surface area contributed by atoms with Crippen molar-refractivity contribution in [3.63, 3.8) is 0 Å². The number of rotatable bonds is 12. The van der Waals surface area contributed by atoms with Gasteiger partial charge in [-0.25, -0.2) is 0 Å². The van der Waals surface area contributed by atoms with Crippen LogP contribution in [-0.4, -0.2) is 32.3 Å². The maximum absolute atomic E-state index is 2.54. The first-order chi connectivity index (χ1) is 25.2. The van der Waals surface area contributed by atoms with Crippen LogP contribution in [0, 0.1) is 0 Å². The molecule has 0 aromatic carbocycles. The van der Waals surface area contributed by atoms with Crippen LogP contribution in [0.4, 0.5) is 0 Å². The van der Waals surface area contributed by atoms with Crippen LogP contribution in [0.5, 0.6) is 0 Å². The molecule has 0 bridgehead atoms. The van der Waals surface area contributed by atoms with Gasteiger partial charge in [-0.05, 0) is 51.4 Å². The van der Waals surface area contributed by atoms with Gasteiger partial charge in [0.25, 0.3) is 0 Å². The Morgan fingerprint density at radius 1 is 0.339 bits per heavy atom. The maximum atomic E-state index is 2.54. The van der Waals surface area contributed by atoms with Crippen molar-refractivity contribution in [3.05, 3.63) is 91.7 Å². The molecule has 4 fully saturated rings. The molecule has 0 aromatic heterocycles. The quantitative estimate of drug-likeness (QED) is 0.171. The van der Waals surface area contributed by atoms with Gasteiger partial charge < -0.3 is 24.8 Å². The molecule has 4 aliphatic carbocycles. The van der Waals surface area contributed by atoms with Crippen molar-refractivity contribution < 1.29 is 68.2 Å². The fraction of sp³-hybridized carbons (Fsp3) is 0.667. The second kappa shape index (κ2) is 25.7. The van der Waals surface area contributed by atoms with Crippen LogP contribution in [0.3, 0.4) is 0 Å². The summed E-state index contributed by atoms with van der Waals surface area (Å²) in [6.45, 7) is 18.8. The smallest absolute Gasteiger partial charge is 0.0860 e. The molecular weight excluding hydrogens is 856 g/mol. The van der Waals surface area contributed by atoms with Crippen molar-refractivity contribution in [2.45, 2.75) is 205 Å². The Morgan fingerprint density at radius 2 is 0.518 bits per heavy atom. The van der Waals surface area contributed by atoms with E-state index in [1.807, 2.05) is 0 Å². The van der Waals surface area contributed by atoms with E-state index in [1.54, 1.807) is 91.4 Å². The average molecular weight is 936 g/mol. The van der Waals surface area contributed by atoms with Gasteiger partial charge in [0.1, 0.15) is 0 Å². The third-order valence-corrected chi connectivity index (χ3v) is 38.2. The van der Waals surface area contributed by atoms with Crippen LogP contribution < -0.4 is 24.8 Å². The van der Waals surface area contributed by atoms with Crippen LogP contribution in [0.25, 0.3) is 0 Å². The average Bonchev–Trinajstić information content (AvgIpc) is 3.93. The van der Waals surface area contributed by atoms with Crippen molar-refractivity contribution >= 4 is 32.3 Å². The van der Waals surface area contributed by atoms with Gasteiger partial charge in [-0.2, -0.15) is 0 Å². The molecule has 8 aliphatic rings. The zero-order valence-electron chi connectivity index (χ0n) is 37.3. The Kier molecular flexibility index (Phi) is 25.1. The minimum atomic E-state index is -0.857. The molecule has 56 heavy (non-hydrogen) atoms. The van der Waals surface area contributed by atoms with Gasteiger partial charge in [0.15, 0.2) is 0 Å². The van der Waals surface area contributed by atoms with Gasteiger partial charge in [0.2, 0.25) is 0 Å². The van der Waals surface area contributed by atoms with Crippen molar-refractivity contribution in [1.29, 1.82) is 0 Å². The summed E-state index contributed by atoms with van der Waals surface area (Å²) in [6.07, 6.45) is 36.4. The molecule has 0 nitrogen and oxygen atoms in total. The standard InChI is InChI=1S/4C12H20Si.2ClH.2Ti/c4*1-3-11-6-7-12(10-11)13(4-2)8-5-9-13;;;;/h4*7,10H,3-6,8-9H2,1-2H3;2*1H;;/p-2. The molecule has 0 unspecified atom stereocenters. The maximum Gasteiger partial charge on any atom is 0.0860 e. The van der Waals surface area contributed by atoms with E-state index >= 15 is 0 Å². The van der Waals surface area contributed by atoms with Crippen molar-refractivity contribution in [2.75, 3.05) is 0 Å². The van der Waals surface area contributed by atoms with Gasteiger partial charge >= 0.3 is 0 Å². The molecule has 4 aliphatic heterocycles. The summed E-state index contributed by atoms with van der Waals surface area (Å²) < 4.78 is 0.